The summed E-state index contributed by atoms with van der Waals surface area (Å²) in [4.78, 5) is 14.2. The van der Waals surface area contributed by atoms with E-state index in [4.69, 9.17) is 4.74 Å². The number of rotatable bonds is 2. The number of hydrogen-bond donors (Lipinski definition) is 2. The fourth-order valence-electron chi connectivity index (χ4n) is 3.79. The van der Waals surface area contributed by atoms with Crippen LogP contribution >= 0.6 is 0 Å². The largest absolute Gasteiger partial charge is 0.598 e. The molecule has 1 unspecified atom stereocenters. The van der Waals surface area contributed by atoms with Crippen LogP contribution in [0.1, 0.15) is 66.0 Å². The minimum absolute atomic E-state index is 0.0652. The Morgan fingerprint density at radius 2 is 1.82 bits per heavy atom. The van der Waals surface area contributed by atoms with Crippen LogP contribution in [-0.2, 0) is 16.1 Å². The fourth-order valence-corrected chi connectivity index (χ4v) is 4.71. The molecule has 1 amide bonds. The molecule has 6 nitrogen and oxygen atoms in total. The summed E-state index contributed by atoms with van der Waals surface area (Å²) in [5.41, 5.74) is 1.47. The Bertz CT molecular complexity index is 718. The molecule has 0 aliphatic carbocycles. The zero-order valence-electron chi connectivity index (χ0n) is 17.8. The summed E-state index contributed by atoms with van der Waals surface area (Å²) in [6.07, 6.45) is 1.26. The number of ether oxygens (including phenoxy) is 1. The third-order valence-electron chi connectivity index (χ3n) is 5.30. The second-order valence-electron chi connectivity index (χ2n) is 9.77. The molecule has 1 aromatic rings. The Balaban J connectivity index is 1.78. The van der Waals surface area contributed by atoms with E-state index < -0.39 is 17.0 Å². The number of anilines is 1. The lowest BCUT2D eigenvalue weighted by Crippen LogP contribution is -2.56. The number of nitrogens with zero attached hydrogens (tertiary/aromatic N) is 1. The van der Waals surface area contributed by atoms with Gasteiger partial charge in [0.05, 0.1) is 5.54 Å². The van der Waals surface area contributed by atoms with E-state index in [0.717, 1.165) is 24.1 Å². The van der Waals surface area contributed by atoms with Crippen LogP contribution in [0.3, 0.4) is 0 Å². The molecule has 3 rings (SSSR count). The first kappa shape index (κ1) is 21.3. The molecule has 1 fully saturated rings. The van der Waals surface area contributed by atoms with E-state index in [2.05, 4.69) is 22.2 Å². The normalized spacial score (nSPS) is 22.5. The maximum absolute atomic E-state index is 12.9. The Morgan fingerprint density at radius 3 is 2.39 bits per heavy atom. The van der Waals surface area contributed by atoms with Crippen LogP contribution in [0.2, 0.25) is 0 Å². The lowest BCUT2D eigenvalue weighted by atomic mass is 9.81. The van der Waals surface area contributed by atoms with Gasteiger partial charge >= 0.3 is 6.09 Å². The van der Waals surface area contributed by atoms with Gasteiger partial charge in [-0.05, 0) is 66.0 Å². The van der Waals surface area contributed by atoms with Crippen LogP contribution in [0.5, 0.6) is 0 Å². The maximum Gasteiger partial charge on any atom is 0.410 e. The van der Waals surface area contributed by atoms with Crippen molar-refractivity contribution < 1.29 is 14.1 Å². The van der Waals surface area contributed by atoms with Gasteiger partial charge in [0, 0.05) is 30.1 Å². The van der Waals surface area contributed by atoms with E-state index in [-0.39, 0.29) is 22.4 Å². The second-order valence-corrected chi connectivity index (χ2v) is 11.8. The third kappa shape index (κ3) is 4.42. The minimum Gasteiger partial charge on any atom is -0.598 e. The first-order valence-electron chi connectivity index (χ1n) is 9.94. The van der Waals surface area contributed by atoms with Crippen LogP contribution in [0.4, 0.5) is 10.5 Å². The number of carbonyl (C=O) groups is 1. The summed E-state index contributed by atoms with van der Waals surface area (Å²) in [7, 11) is 0. The van der Waals surface area contributed by atoms with E-state index in [1.165, 1.54) is 0 Å². The minimum atomic E-state index is -1.19. The molecule has 0 saturated carbocycles. The molecule has 0 bridgehead atoms. The number of fused-ring (bicyclic) bond motifs is 1. The molecular formula is C21H33N3O3S. The summed E-state index contributed by atoms with van der Waals surface area (Å²) < 4.78 is 21.4. The highest BCUT2D eigenvalue weighted by Crippen LogP contribution is 2.47. The van der Waals surface area contributed by atoms with E-state index in [1.807, 2.05) is 53.7 Å². The van der Waals surface area contributed by atoms with Gasteiger partial charge in [0.2, 0.25) is 0 Å². The Morgan fingerprint density at radius 1 is 1.21 bits per heavy atom. The molecule has 2 aliphatic heterocycles. The Labute approximate surface area is 171 Å². The van der Waals surface area contributed by atoms with Gasteiger partial charge in [-0.1, -0.05) is 18.2 Å². The molecule has 0 radical (unpaired) electrons. The van der Waals surface area contributed by atoms with E-state index >= 15 is 0 Å². The summed E-state index contributed by atoms with van der Waals surface area (Å²) in [6, 6.07) is 8.13. The number of hydrogen-bond acceptors (Lipinski definition) is 5. The highest BCUT2D eigenvalue weighted by atomic mass is 32.2. The molecule has 156 valence electrons. The summed E-state index contributed by atoms with van der Waals surface area (Å²) in [6.45, 7) is 12.8. The molecule has 2 atom stereocenters. The van der Waals surface area contributed by atoms with Gasteiger partial charge in [0.25, 0.3) is 0 Å². The van der Waals surface area contributed by atoms with Gasteiger partial charge < -0.3 is 19.5 Å². The Hall–Kier alpha value is -1.44. The number of piperidine rings is 1. The van der Waals surface area contributed by atoms with Crippen molar-refractivity contribution in [3.63, 3.8) is 0 Å². The zero-order chi connectivity index (χ0) is 20.7. The molecule has 28 heavy (non-hydrogen) atoms. The van der Waals surface area contributed by atoms with Gasteiger partial charge in [0.15, 0.2) is 0 Å². The van der Waals surface area contributed by atoms with E-state index in [0.29, 0.717) is 13.1 Å². The number of benzene rings is 1. The summed E-state index contributed by atoms with van der Waals surface area (Å²) >= 11 is -1.19. The van der Waals surface area contributed by atoms with Crippen LogP contribution < -0.4 is 10.0 Å². The monoisotopic (exact) mass is 407 g/mol. The lowest BCUT2D eigenvalue weighted by molar-refractivity contribution is 0.0167. The molecule has 1 saturated heterocycles. The standard InChI is InChI=1S/C21H33N3O3S/c1-19(2,3)27-18(25)24-13-11-21(12-14-24)17(23-28(26)20(4,5)6)15-9-7-8-10-16(15)22-21/h7-10,17,22-23H,11-14H2,1-6H3/t17-,28?/m0/s1. The van der Waals surface area contributed by atoms with E-state index in [1.54, 1.807) is 4.90 Å². The predicted molar refractivity (Wildman–Crippen MR) is 114 cm³/mol. The lowest BCUT2D eigenvalue weighted by Gasteiger charge is -2.44. The molecular weight excluding hydrogens is 374 g/mol. The molecule has 1 aromatic carbocycles. The van der Waals surface area contributed by atoms with Crippen LogP contribution in [0.15, 0.2) is 24.3 Å². The van der Waals surface area contributed by atoms with Crippen LogP contribution in [0.25, 0.3) is 0 Å². The van der Waals surface area contributed by atoms with Crippen molar-refractivity contribution in [3.8, 4) is 0 Å². The average molecular weight is 408 g/mol. The Kier molecular flexibility index (Phi) is 5.64. The van der Waals surface area contributed by atoms with Crippen molar-refractivity contribution >= 4 is 23.1 Å². The van der Waals surface area contributed by atoms with Crippen molar-refractivity contribution in [2.45, 2.75) is 76.3 Å². The van der Waals surface area contributed by atoms with Gasteiger partial charge in [-0.15, -0.1) is 4.72 Å². The van der Waals surface area contributed by atoms with Crippen molar-refractivity contribution in [3.05, 3.63) is 29.8 Å². The second kappa shape index (κ2) is 7.43. The number of carbonyl (C=O) groups excluding carboxylic acids is 1. The smallest absolute Gasteiger partial charge is 0.410 e. The summed E-state index contributed by atoms with van der Waals surface area (Å²) in [5.74, 6) is 0. The topological polar surface area (TPSA) is 76.7 Å². The van der Waals surface area contributed by atoms with Crippen molar-refractivity contribution in [2.24, 2.45) is 0 Å². The third-order valence-corrected chi connectivity index (χ3v) is 6.86. The average Bonchev–Trinajstić information content (AvgIpc) is 2.86. The molecule has 1 spiro atoms. The van der Waals surface area contributed by atoms with Crippen LogP contribution in [0, 0.1) is 0 Å². The van der Waals surface area contributed by atoms with Crippen molar-refractivity contribution in [1.29, 1.82) is 0 Å². The number of likely N-dealkylation sites (tertiary alicyclic amines) is 1. The molecule has 7 heteroatoms. The number of amides is 1. The molecule has 0 aromatic heterocycles. The van der Waals surface area contributed by atoms with Crippen LogP contribution in [-0.4, -0.2) is 44.5 Å². The van der Waals surface area contributed by atoms with Gasteiger partial charge in [0.1, 0.15) is 16.4 Å². The molecule has 2 aliphatic rings. The molecule has 2 heterocycles. The van der Waals surface area contributed by atoms with Gasteiger partial charge in [-0.3, -0.25) is 0 Å². The van der Waals surface area contributed by atoms with Gasteiger partial charge in [-0.2, -0.15) is 0 Å². The first-order valence-corrected chi connectivity index (χ1v) is 11.1. The zero-order valence-corrected chi connectivity index (χ0v) is 18.6. The maximum atomic E-state index is 12.9. The molecule has 2 N–H and O–H groups in total. The SMILES string of the molecule is CC(C)(C)OC(=O)N1CCC2(CC1)Nc1ccccc1[C@@H]2N[S+]([O-])C(C)(C)C. The highest BCUT2D eigenvalue weighted by Gasteiger charge is 2.51. The predicted octanol–water partition coefficient (Wildman–Crippen LogP) is 3.97. The number of nitrogens with one attached hydrogen (secondary N) is 2. The van der Waals surface area contributed by atoms with Gasteiger partial charge in [-0.25, -0.2) is 4.79 Å². The first-order chi connectivity index (χ1) is 12.9. The quantitative estimate of drug-likeness (QED) is 0.726. The van der Waals surface area contributed by atoms with Crippen molar-refractivity contribution in [2.75, 3.05) is 18.4 Å². The summed E-state index contributed by atoms with van der Waals surface area (Å²) in [5, 5.41) is 3.69. The van der Waals surface area contributed by atoms with Crippen molar-refractivity contribution in [1.82, 2.24) is 9.62 Å². The fraction of sp³-hybridized carbons (Fsp3) is 0.667. The number of para-hydroxylation sites is 1. The highest BCUT2D eigenvalue weighted by molar-refractivity contribution is 7.90. The van der Waals surface area contributed by atoms with E-state index in [9.17, 15) is 9.35 Å².